The Bertz CT molecular complexity index is 697. The molecule has 1 aliphatic carbocycles. The SMILES string of the molecule is CN(Cc1ccccc1O)C(=O)C1CC1c1ccccc1Br. The Morgan fingerprint density at radius 1 is 1.23 bits per heavy atom. The van der Waals surface area contributed by atoms with Gasteiger partial charge in [-0.3, -0.25) is 4.79 Å². The lowest BCUT2D eigenvalue weighted by Gasteiger charge is -2.18. The van der Waals surface area contributed by atoms with Crippen LogP contribution in [0.15, 0.2) is 53.0 Å². The summed E-state index contributed by atoms with van der Waals surface area (Å²) in [6, 6.07) is 15.2. The van der Waals surface area contributed by atoms with Gasteiger partial charge in [-0.25, -0.2) is 0 Å². The number of nitrogens with zero attached hydrogens (tertiary/aromatic N) is 1. The van der Waals surface area contributed by atoms with E-state index in [0.717, 1.165) is 16.5 Å². The summed E-state index contributed by atoms with van der Waals surface area (Å²) >= 11 is 3.56. The van der Waals surface area contributed by atoms with E-state index in [4.69, 9.17) is 0 Å². The number of hydrogen-bond donors (Lipinski definition) is 1. The zero-order valence-electron chi connectivity index (χ0n) is 12.4. The van der Waals surface area contributed by atoms with Crippen molar-refractivity contribution in [3.05, 3.63) is 64.1 Å². The minimum atomic E-state index is 0.0505. The maximum Gasteiger partial charge on any atom is 0.226 e. The van der Waals surface area contributed by atoms with Crippen molar-refractivity contribution < 1.29 is 9.90 Å². The van der Waals surface area contributed by atoms with Crippen LogP contribution in [0.3, 0.4) is 0 Å². The van der Waals surface area contributed by atoms with Crippen LogP contribution in [-0.4, -0.2) is 23.0 Å². The molecule has 3 rings (SSSR count). The van der Waals surface area contributed by atoms with Crippen LogP contribution in [-0.2, 0) is 11.3 Å². The van der Waals surface area contributed by atoms with Gasteiger partial charge in [0.1, 0.15) is 5.75 Å². The molecule has 3 nitrogen and oxygen atoms in total. The van der Waals surface area contributed by atoms with E-state index in [1.165, 1.54) is 5.56 Å². The van der Waals surface area contributed by atoms with E-state index < -0.39 is 0 Å². The molecule has 0 saturated heterocycles. The molecule has 0 aliphatic heterocycles. The largest absolute Gasteiger partial charge is 0.508 e. The van der Waals surface area contributed by atoms with Gasteiger partial charge < -0.3 is 10.0 Å². The van der Waals surface area contributed by atoms with E-state index in [2.05, 4.69) is 22.0 Å². The maximum absolute atomic E-state index is 12.5. The molecule has 22 heavy (non-hydrogen) atoms. The zero-order chi connectivity index (χ0) is 15.7. The van der Waals surface area contributed by atoms with Gasteiger partial charge in [0.25, 0.3) is 0 Å². The topological polar surface area (TPSA) is 40.5 Å². The molecule has 2 unspecified atom stereocenters. The van der Waals surface area contributed by atoms with Gasteiger partial charge in [0.2, 0.25) is 5.91 Å². The smallest absolute Gasteiger partial charge is 0.226 e. The van der Waals surface area contributed by atoms with Crippen LogP contribution in [0.2, 0.25) is 0 Å². The molecule has 0 aromatic heterocycles. The van der Waals surface area contributed by atoms with E-state index in [-0.39, 0.29) is 17.6 Å². The number of phenolic OH excluding ortho intramolecular Hbond substituents is 1. The first-order chi connectivity index (χ1) is 10.6. The van der Waals surface area contributed by atoms with Crippen LogP contribution in [0.4, 0.5) is 0 Å². The predicted molar refractivity (Wildman–Crippen MR) is 89.6 cm³/mol. The maximum atomic E-state index is 12.5. The molecule has 114 valence electrons. The molecule has 4 heteroatoms. The number of benzene rings is 2. The first kappa shape index (κ1) is 15.1. The lowest BCUT2D eigenvalue weighted by molar-refractivity contribution is -0.131. The minimum absolute atomic E-state index is 0.0505. The van der Waals surface area contributed by atoms with E-state index in [1.807, 2.05) is 30.3 Å². The monoisotopic (exact) mass is 359 g/mol. The van der Waals surface area contributed by atoms with Crippen molar-refractivity contribution in [2.45, 2.75) is 18.9 Å². The van der Waals surface area contributed by atoms with Gasteiger partial charge in [-0.1, -0.05) is 52.3 Å². The van der Waals surface area contributed by atoms with Gasteiger partial charge in [-0.05, 0) is 30.0 Å². The number of halogens is 1. The second kappa shape index (κ2) is 6.13. The Labute approximate surface area is 138 Å². The van der Waals surface area contributed by atoms with Crippen LogP contribution >= 0.6 is 15.9 Å². The molecule has 0 spiro atoms. The average Bonchev–Trinajstić information content (AvgIpc) is 3.29. The van der Waals surface area contributed by atoms with Crippen molar-refractivity contribution in [2.24, 2.45) is 5.92 Å². The summed E-state index contributed by atoms with van der Waals surface area (Å²) in [5, 5.41) is 9.82. The van der Waals surface area contributed by atoms with Gasteiger partial charge in [-0.15, -0.1) is 0 Å². The van der Waals surface area contributed by atoms with Gasteiger partial charge in [0, 0.05) is 29.5 Å². The van der Waals surface area contributed by atoms with E-state index in [1.54, 1.807) is 24.1 Å². The number of carbonyl (C=O) groups is 1. The van der Waals surface area contributed by atoms with Crippen LogP contribution < -0.4 is 0 Å². The Kier molecular flexibility index (Phi) is 4.21. The van der Waals surface area contributed by atoms with Gasteiger partial charge >= 0.3 is 0 Å². The summed E-state index contributed by atoms with van der Waals surface area (Å²) in [7, 11) is 1.80. The van der Waals surface area contributed by atoms with E-state index in [9.17, 15) is 9.90 Å². The fourth-order valence-corrected chi connectivity index (χ4v) is 3.43. The van der Waals surface area contributed by atoms with Gasteiger partial charge in [0.05, 0.1) is 0 Å². The molecule has 0 radical (unpaired) electrons. The molecule has 0 bridgehead atoms. The van der Waals surface area contributed by atoms with E-state index in [0.29, 0.717) is 12.5 Å². The Balaban J connectivity index is 1.66. The quantitative estimate of drug-likeness (QED) is 0.898. The molecular weight excluding hydrogens is 342 g/mol. The highest BCUT2D eigenvalue weighted by atomic mass is 79.9. The summed E-state index contributed by atoms with van der Waals surface area (Å²) < 4.78 is 1.07. The summed E-state index contributed by atoms with van der Waals surface area (Å²) in [6.07, 6.45) is 0.895. The third kappa shape index (κ3) is 3.02. The molecule has 1 saturated carbocycles. The normalized spacial score (nSPS) is 19.7. The molecule has 2 aromatic carbocycles. The van der Waals surface area contributed by atoms with Crippen LogP contribution in [0, 0.1) is 5.92 Å². The van der Waals surface area contributed by atoms with Crippen LogP contribution in [0.1, 0.15) is 23.5 Å². The highest BCUT2D eigenvalue weighted by Gasteiger charge is 2.45. The van der Waals surface area contributed by atoms with Crippen molar-refractivity contribution in [3.63, 3.8) is 0 Å². The molecule has 1 amide bonds. The van der Waals surface area contributed by atoms with Crippen molar-refractivity contribution in [3.8, 4) is 5.75 Å². The Morgan fingerprint density at radius 2 is 1.91 bits per heavy atom. The first-order valence-electron chi connectivity index (χ1n) is 7.34. The first-order valence-corrected chi connectivity index (χ1v) is 8.13. The number of carbonyl (C=O) groups excluding carboxylic acids is 1. The third-order valence-corrected chi connectivity index (χ3v) is 4.91. The van der Waals surface area contributed by atoms with E-state index >= 15 is 0 Å². The van der Waals surface area contributed by atoms with Crippen molar-refractivity contribution in [1.82, 2.24) is 4.90 Å². The molecule has 1 fully saturated rings. The summed E-state index contributed by atoms with van der Waals surface area (Å²) in [4.78, 5) is 14.2. The fraction of sp³-hybridized carbons (Fsp3) is 0.278. The lowest BCUT2D eigenvalue weighted by Crippen LogP contribution is -2.28. The second-order valence-corrected chi connectivity index (χ2v) is 6.65. The number of para-hydroxylation sites is 1. The van der Waals surface area contributed by atoms with Gasteiger partial charge in [0.15, 0.2) is 0 Å². The molecular formula is C18H18BrNO2. The second-order valence-electron chi connectivity index (χ2n) is 5.79. The third-order valence-electron chi connectivity index (χ3n) is 4.19. The highest BCUT2D eigenvalue weighted by molar-refractivity contribution is 9.10. The molecule has 2 atom stereocenters. The standard InChI is InChI=1S/C18H18BrNO2/c1-20(11-12-6-2-5-9-17(12)21)18(22)15-10-14(15)13-7-3-4-8-16(13)19/h2-9,14-15,21H,10-11H2,1H3. The molecule has 1 N–H and O–H groups in total. The van der Waals surface area contributed by atoms with Crippen LogP contribution in [0.5, 0.6) is 5.75 Å². The van der Waals surface area contributed by atoms with Crippen molar-refractivity contribution >= 4 is 21.8 Å². The van der Waals surface area contributed by atoms with Crippen LogP contribution in [0.25, 0.3) is 0 Å². The summed E-state index contributed by atoms with van der Waals surface area (Å²) in [6.45, 7) is 0.435. The fourth-order valence-electron chi connectivity index (χ4n) is 2.85. The number of rotatable bonds is 4. The molecule has 0 heterocycles. The molecule has 2 aromatic rings. The van der Waals surface area contributed by atoms with Gasteiger partial charge in [-0.2, -0.15) is 0 Å². The summed E-state index contributed by atoms with van der Waals surface area (Å²) in [5.74, 6) is 0.730. The lowest BCUT2D eigenvalue weighted by atomic mass is 10.1. The zero-order valence-corrected chi connectivity index (χ0v) is 14.0. The number of hydrogen-bond acceptors (Lipinski definition) is 2. The average molecular weight is 360 g/mol. The number of amides is 1. The minimum Gasteiger partial charge on any atom is -0.508 e. The van der Waals surface area contributed by atoms with Crippen molar-refractivity contribution in [2.75, 3.05) is 7.05 Å². The molecule has 1 aliphatic rings. The highest BCUT2D eigenvalue weighted by Crippen LogP contribution is 2.50. The van der Waals surface area contributed by atoms with Crippen molar-refractivity contribution in [1.29, 1.82) is 0 Å². The summed E-state index contributed by atoms with van der Waals surface area (Å²) in [5.41, 5.74) is 1.98. The number of phenols is 1. The predicted octanol–water partition coefficient (Wildman–Crippen LogP) is 3.92. The Hall–Kier alpha value is -1.81. The Morgan fingerprint density at radius 3 is 2.64 bits per heavy atom. The number of aromatic hydroxyl groups is 1.